The number of urea groups is 1. The Morgan fingerprint density at radius 1 is 0.905 bits per heavy atom. The number of para-hydroxylation sites is 1. The maximum atomic E-state index is 13.6. The largest absolute Gasteiger partial charge is 0.508 e. The summed E-state index contributed by atoms with van der Waals surface area (Å²) in [5.41, 5.74) is 3.18. The van der Waals surface area contributed by atoms with Gasteiger partial charge in [0.15, 0.2) is 0 Å². The first kappa shape index (κ1) is 29.5. The lowest BCUT2D eigenvalue weighted by atomic mass is 9.91. The summed E-state index contributed by atoms with van der Waals surface area (Å²) in [6, 6.07) is 25.0. The minimum absolute atomic E-state index is 0.0167. The van der Waals surface area contributed by atoms with E-state index in [0.717, 1.165) is 0 Å². The van der Waals surface area contributed by atoms with Crippen LogP contribution in [-0.4, -0.2) is 44.0 Å². The number of likely N-dealkylation sites (N-methyl/N-ethyl adjacent to an activating group) is 1. The quantitative estimate of drug-likeness (QED) is 0.181. The van der Waals surface area contributed by atoms with Crippen LogP contribution in [0.15, 0.2) is 97.1 Å². The van der Waals surface area contributed by atoms with Gasteiger partial charge in [0.1, 0.15) is 11.6 Å². The number of carbonyl (C=O) groups is 1. The van der Waals surface area contributed by atoms with Crippen molar-refractivity contribution in [1.29, 1.82) is 0 Å². The zero-order valence-electron chi connectivity index (χ0n) is 22.9. The Balaban J connectivity index is 1.43. The van der Waals surface area contributed by atoms with E-state index in [9.17, 15) is 33.7 Å². The van der Waals surface area contributed by atoms with Crippen molar-refractivity contribution in [2.24, 2.45) is 0 Å². The molecular weight excluding hydrogens is 558 g/mol. The Bertz CT molecular complexity index is 1590. The molecule has 2 amide bonds. The summed E-state index contributed by atoms with van der Waals surface area (Å²) in [7, 11) is -2.64. The predicted octanol–water partition coefficient (Wildman–Crippen LogP) is 5.89. The first-order chi connectivity index (χ1) is 20.0. The molecule has 10 heteroatoms. The van der Waals surface area contributed by atoms with Crippen molar-refractivity contribution in [3.8, 4) is 16.9 Å². The number of anilines is 1. The summed E-state index contributed by atoms with van der Waals surface area (Å²) in [5.74, 6) is -0.387. The molecule has 8 nitrogen and oxygen atoms in total. The zero-order chi connectivity index (χ0) is 30.0. The van der Waals surface area contributed by atoms with E-state index in [2.05, 4.69) is 0 Å². The Labute approximate surface area is 243 Å². The molecule has 4 aromatic carbocycles. The maximum absolute atomic E-state index is 13.6. The van der Waals surface area contributed by atoms with Crippen molar-refractivity contribution in [2.45, 2.75) is 37.5 Å². The number of carbonyl (C=O) groups excluding carboxylic acids is 1. The number of aromatic hydroxyl groups is 1. The minimum Gasteiger partial charge on any atom is -0.508 e. The number of phenolic OH excluding ortho intramolecular Hbond substituents is 1. The van der Waals surface area contributed by atoms with E-state index in [1.54, 1.807) is 53.2 Å². The van der Waals surface area contributed by atoms with Gasteiger partial charge in [-0.2, -0.15) is 0 Å². The lowest BCUT2D eigenvalue weighted by Crippen LogP contribution is -2.31. The summed E-state index contributed by atoms with van der Waals surface area (Å²) in [4.78, 5) is 35.7. The van der Waals surface area contributed by atoms with Crippen molar-refractivity contribution in [3.63, 3.8) is 0 Å². The highest BCUT2D eigenvalue weighted by molar-refractivity contribution is 7.60. The molecular formula is C32H32FN2O6P. The van der Waals surface area contributed by atoms with Gasteiger partial charge in [0.2, 0.25) is 0 Å². The third kappa shape index (κ3) is 6.10. The molecule has 42 heavy (non-hydrogen) atoms. The third-order valence-corrected chi connectivity index (χ3v) is 8.77. The fourth-order valence-corrected chi connectivity index (χ4v) is 6.10. The van der Waals surface area contributed by atoms with Crippen LogP contribution < -0.4 is 10.2 Å². The minimum atomic E-state index is -4.37. The van der Waals surface area contributed by atoms with Crippen LogP contribution in [-0.2, 0) is 4.57 Å². The van der Waals surface area contributed by atoms with Gasteiger partial charge < -0.3 is 24.9 Å². The van der Waals surface area contributed by atoms with Gasteiger partial charge in [-0.15, -0.1) is 0 Å². The van der Waals surface area contributed by atoms with Gasteiger partial charge in [-0.3, -0.25) is 9.46 Å². The number of aliphatic hydroxyl groups is 1. The number of phenols is 1. The van der Waals surface area contributed by atoms with E-state index in [0.29, 0.717) is 47.2 Å². The van der Waals surface area contributed by atoms with Crippen LogP contribution in [0.25, 0.3) is 11.1 Å². The molecule has 0 aromatic heterocycles. The SMILES string of the molecule is CN1C(=O)N(c2ccccc2)C(c2ccc(-c3ccc(P(=O)(O)O)cc3)cc2O)C1CCCC(O)c1ccc(F)cc1. The highest BCUT2D eigenvalue weighted by Gasteiger charge is 2.46. The van der Waals surface area contributed by atoms with E-state index in [1.807, 2.05) is 36.4 Å². The molecule has 4 aromatic rings. The summed E-state index contributed by atoms with van der Waals surface area (Å²) < 4.78 is 24.9. The highest BCUT2D eigenvalue weighted by Crippen LogP contribution is 2.44. The predicted molar refractivity (Wildman–Crippen MR) is 159 cm³/mol. The fourth-order valence-electron chi connectivity index (χ4n) is 5.57. The normalized spacial score (nSPS) is 18.0. The summed E-state index contributed by atoms with van der Waals surface area (Å²) in [6.45, 7) is 0. The number of hydrogen-bond donors (Lipinski definition) is 4. The molecule has 0 aliphatic carbocycles. The zero-order valence-corrected chi connectivity index (χ0v) is 23.8. The third-order valence-electron chi connectivity index (χ3n) is 7.80. The van der Waals surface area contributed by atoms with Gasteiger partial charge in [-0.05, 0) is 78.4 Å². The molecule has 0 saturated carbocycles. The van der Waals surface area contributed by atoms with Crippen LogP contribution >= 0.6 is 7.60 Å². The second-order valence-electron chi connectivity index (χ2n) is 10.5. The molecule has 1 heterocycles. The standard InChI is InChI=1S/C32H32FN2O6P/c1-34-28(8-5-9-29(36)22-10-15-24(33)16-11-22)31(35(32(34)38)25-6-3-2-4-7-25)27-19-14-23(20-30(27)37)21-12-17-26(18-13-21)42(39,40)41/h2-4,6-7,10-20,28-29,31,36-37H,5,8-9H2,1H3,(H2,39,40,41). The Morgan fingerprint density at radius 3 is 2.17 bits per heavy atom. The van der Waals surface area contributed by atoms with E-state index >= 15 is 0 Å². The van der Waals surface area contributed by atoms with Gasteiger partial charge in [-0.1, -0.05) is 54.6 Å². The molecule has 0 bridgehead atoms. The Hall–Kier alpha value is -4.01. The highest BCUT2D eigenvalue weighted by atomic mass is 31.2. The molecule has 4 N–H and O–H groups in total. The summed E-state index contributed by atoms with van der Waals surface area (Å²) in [5, 5.41) is 21.9. The first-order valence-electron chi connectivity index (χ1n) is 13.6. The number of hydrogen-bond acceptors (Lipinski definition) is 4. The van der Waals surface area contributed by atoms with E-state index in [1.165, 1.54) is 24.3 Å². The number of amides is 2. The van der Waals surface area contributed by atoms with Crippen LogP contribution in [0.2, 0.25) is 0 Å². The molecule has 1 saturated heterocycles. The molecule has 0 radical (unpaired) electrons. The van der Waals surface area contributed by atoms with Crippen LogP contribution in [0.4, 0.5) is 14.9 Å². The number of nitrogens with zero attached hydrogens (tertiary/aromatic N) is 2. The van der Waals surface area contributed by atoms with Gasteiger partial charge in [-0.25, -0.2) is 9.18 Å². The van der Waals surface area contributed by atoms with Crippen LogP contribution in [0, 0.1) is 5.82 Å². The average Bonchev–Trinajstić information content (AvgIpc) is 3.22. The molecule has 3 unspecified atom stereocenters. The van der Waals surface area contributed by atoms with Crippen molar-refractivity contribution in [3.05, 3.63) is 114 Å². The van der Waals surface area contributed by atoms with Crippen molar-refractivity contribution < 1.29 is 33.7 Å². The smallest absolute Gasteiger partial charge is 0.356 e. The summed E-state index contributed by atoms with van der Waals surface area (Å²) in [6.07, 6.45) is 0.753. The Morgan fingerprint density at radius 2 is 1.55 bits per heavy atom. The van der Waals surface area contributed by atoms with Crippen LogP contribution in [0.5, 0.6) is 5.75 Å². The Kier molecular flexibility index (Phi) is 8.48. The second-order valence-corrected chi connectivity index (χ2v) is 12.1. The average molecular weight is 591 g/mol. The van der Waals surface area contributed by atoms with Crippen molar-refractivity contribution >= 4 is 24.6 Å². The summed E-state index contributed by atoms with van der Waals surface area (Å²) >= 11 is 0. The van der Waals surface area contributed by atoms with Crippen LogP contribution in [0.3, 0.4) is 0 Å². The molecule has 218 valence electrons. The molecule has 0 spiro atoms. The van der Waals surface area contributed by atoms with Gasteiger partial charge >= 0.3 is 13.6 Å². The lowest BCUT2D eigenvalue weighted by Gasteiger charge is -2.29. The molecule has 1 aliphatic rings. The maximum Gasteiger partial charge on any atom is 0.356 e. The lowest BCUT2D eigenvalue weighted by molar-refractivity contribution is 0.158. The molecule has 1 fully saturated rings. The van der Waals surface area contributed by atoms with Gasteiger partial charge in [0.25, 0.3) is 0 Å². The topological polar surface area (TPSA) is 122 Å². The molecule has 5 rings (SSSR count). The number of halogens is 1. The monoisotopic (exact) mass is 590 g/mol. The van der Waals surface area contributed by atoms with E-state index < -0.39 is 19.7 Å². The van der Waals surface area contributed by atoms with Gasteiger partial charge in [0.05, 0.1) is 23.5 Å². The first-order valence-corrected chi connectivity index (χ1v) is 15.2. The number of aliphatic hydroxyl groups excluding tert-OH is 1. The van der Waals surface area contributed by atoms with E-state index in [-0.39, 0.29) is 28.9 Å². The van der Waals surface area contributed by atoms with Gasteiger partial charge in [0, 0.05) is 18.3 Å². The molecule has 1 aliphatic heterocycles. The fraction of sp³-hybridized carbons (Fsp3) is 0.219. The van der Waals surface area contributed by atoms with Crippen LogP contribution in [0.1, 0.15) is 42.5 Å². The van der Waals surface area contributed by atoms with E-state index in [4.69, 9.17) is 0 Å². The number of benzene rings is 4. The molecule has 3 atom stereocenters. The van der Waals surface area contributed by atoms with Crippen molar-refractivity contribution in [1.82, 2.24) is 4.90 Å². The second kappa shape index (κ2) is 12.1. The van der Waals surface area contributed by atoms with Crippen molar-refractivity contribution in [2.75, 3.05) is 11.9 Å². The number of rotatable bonds is 9.